The van der Waals surface area contributed by atoms with Crippen molar-refractivity contribution in [2.75, 3.05) is 26.2 Å². The third kappa shape index (κ3) is 4.43. The van der Waals surface area contributed by atoms with Crippen molar-refractivity contribution in [3.05, 3.63) is 64.4 Å². The predicted molar refractivity (Wildman–Crippen MR) is 113 cm³/mol. The molecule has 0 bridgehead atoms. The Kier molecular flexibility index (Phi) is 6.23. The number of halogens is 2. The number of carbonyl (C=O) groups excluding carboxylic acids is 2. The highest BCUT2D eigenvalue weighted by Gasteiger charge is 2.30. The van der Waals surface area contributed by atoms with Crippen molar-refractivity contribution in [3.63, 3.8) is 0 Å². The SMILES string of the molecule is O=C(c1ccc(OCC2CCCN2C(=O)c2ccc(F)c(Cl)c2)cc1)N1CCCC1. The lowest BCUT2D eigenvalue weighted by Crippen LogP contribution is -2.39. The lowest BCUT2D eigenvalue weighted by Gasteiger charge is -2.25. The Morgan fingerprint density at radius 2 is 1.67 bits per heavy atom. The van der Waals surface area contributed by atoms with E-state index in [4.69, 9.17) is 16.3 Å². The molecule has 4 rings (SSSR count). The third-order valence-corrected chi connectivity index (χ3v) is 6.03. The van der Waals surface area contributed by atoms with Crippen LogP contribution in [-0.2, 0) is 0 Å². The van der Waals surface area contributed by atoms with Crippen LogP contribution < -0.4 is 4.74 Å². The Hall–Kier alpha value is -2.60. The van der Waals surface area contributed by atoms with Gasteiger partial charge in [0.2, 0.25) is 0 Å². The van der Waals surface area contributed by atoms with Gasteiger partial charge in [0, 0.05) is 30.8 Å². The van der Waals surface area contributed by atoms with Crippen LogP contribution in [0.3, 0.4) is 0 Å². The van der Waals surface area contributed by atoms with Gasteiger partial charge in [0.05, 0.1) is 11.1 Å². The highest BCUT2D eigenvalue weighted by molar-refractivity contribution is 6.31. The molecule has 0 aromatic heterocycles. The van der Waals surface area contributed by atoms with Crippen LogP contribution in [0.2, 0.25) is 5.02 Å². The fourth-order valence-corrected chi connectivity index (χ4v) is 4.24. The van der Waals surface area contributed by atoms with E-state index in [2.05, 4.69) is 0 Å². The van der Waals surface area contributed by atoms with Gasteiger partial charge in [0.15, 0.2) is 0 Å². The molecule has 2 aromatic carbocycles. The zero-order valence-electron chi connectivity index (χ0n) is 16.7. The average Bonchev–Trinajstić information content (AvgIpc) is 3.46. The van der Waals surface area contributed by atoms with Gasteiger partial charge >= 0.3 is 0 Å². The maximum absolute atomic E-state index is 13.4. The van der Waals surface area contributed by atoms with Crippen LogP contribution in [0.5, 0.6) is 5.75 Å². The number of hydrogen-bond donors (Lipinski definition) is 0. The molecule has 5 nitrogen and oxygen atoms in total. The molecule has 1 unspecified atom stereocenters. The number of hydrogen-bond acceptors (Lipinski definition) is 3. The van der Waals surface area contributed by atoms with Gasteiger partial charge in [-0.2, -0.15) is 0 Å². The van der Waals surface area contributed by atoms with Crippen LogP contribution in [-0.4, -0.2) is 53.9 Å². The summed E-state index contributed by atoms with van der Waals surface area (Å²) in [5.41, 5.74) is 1.04. The number of amides is 2. The van der Waals surface area contributed by atoms with Crippen molar-refractivity contribution in [1.82, 2.24) is 9.80 Å². The maximum Gasteiger partial charge on any atom is 0.254 e. The highest BCUT2D eigenvalue weighted by Crippen LogP contribution is 2.24. The summed E-state index contributed by atoms with van der Waals surface area (Å²) in [5.74, 6) is 0.0115. The first-order chi connectivity index (χ1) is 14.5. The first-order valence-corrected chi connectivity index (χ1v) is 10.7. The number of nitrogens with zero attached hydrogens (tertiary/aromatic N) is 2. The van der Waals surface area contributed by atoms with Gasteiger partial charge in [-0.3, -0.25) is 9.59 Å². The molecule has 30 heavy (non-hydrogen) atoms. The van der Waals surface area contributed by atoms with Gasteiger partial charge in [0.25, 0.3) is 11.8 Å². The second-order valence-electron chi connectivity index (χ2n) is 7.76. The number of carbonyl (C=O) groups is 2. The first kappa shape index (κ1) is 20.7. The molecule has 0 saturated carbocycles. The predicted octanol–water partition coefficient (Wildman–Crippen LogP) is 4.40. The normalized spacial score (nSPS) is 18.7. The summed E-state index contributed by atoms with van der Waals surface area (Å²) in [7, 11) is 0. The van der Waals surface area contributed by atoms with E-state index in [0.29, 0.717) is 30.0 Å². The quantitative estimate of drug-likeness (QED) is 0.706. The van der Waals surface area contributed by atoms with E-state index >= 15 is 0 Å². The van der Waals surface area contributed by atoms with Crippen molar-refractivity contribution >= 4 is 23.4 Å². The third-order valence-electron chi connectivity index (χ3n) is 5.74. The van der Waals surface area contributed by atoms with E-state index in [1.807, 2.05) is 4.90 Å². The van der Waals surface area contributed by atoms with Crippen molar-refractivity contribution < 1.29 is 18.7 Å². The largest absolute Gasteiger partial charge is 0.491 e. The summed E-state index contributed by atoms with van der Waals surface area (Å²) < 4.78 is 19.3. The Morgan fingerprint density at radius 1 is 0.967 bits per heavy atom. The second-order valence-corrected chi connectivity index (χ2v) is 8.17. The van der Waals surface area contributed by atoms with Crippen molar-refractivity contribution in [2.24, 2.45) is 0 Å². The van der Waals surface area contributed by atoms with Crippen LogP contribution >= 0.6 is 11.6 Å². The number of rotatable bonds is 5. The molecule has 0 aliphatic carbocycles. The Bertz CT molecular complexity index is 929. The van der Waals surface area contributed by atoms with Crippen LogP contribution in [0, 0.1) is 5.82 Å². The lowest BCUT2D eigenvalue weighted by molar-refractivity contribution is 0.0690. The van der Waals surface area contributed by atoms with E-state index in [9.17, 15) is 14.0 Å². The molecular weight excluding hydrogens is 407 g/mol. The zero-order valence-corrected chi connectivity index (χ0v) is 17.4. The Labute approximate surface area is 180 Å². The fourth-order valence-electron chi connectivity index (χ4n) is 4.06. The molecule has 7 heteroatoms. The molecule has 2 saturated heterocycles. The molecule has 1 atom stereocenters. The average molecular weight is 431 g/mol. The Balaban J connectivity index is 1.36. The molecule has 2 amide bonds. The monoisotopic (exact) mass is 430 g/mol. The standard InChI is InChI=1S/C23H24ClFN2O3/c24-20-14-17(7-10-21(20)25)23(29)27-13-3-4-18(27)15-30-19-8-5-16(6-9-19)22(28)26-11-1-2-12-26/h5-10,14,18H,1-4,11-13,15H2. The van der Waals surface area contributed by atoms with Crippen molar-refractivity contribution in [1.29, 1.82) is 0 Å². The molecule has 2 aliphatic rings. The van der Waals surface area contributed by atoms with Crippen molar-refractivity contribution in [2.45, 2.75) is 31.7 Å². The van der Waals surface area contributed by atoms with E-state index in [-0.39, 0.29) is 22.9 Å². The van der Waals surface area contributed by atoms with Crippen LogP contribution in [0.4, 0.5) is 4.39 Å². The molecule has 0 spiro atoms. The number of benzene rings is 2. The zero-order chi connectivity index (χ0) is 21.1. The summed E-state index contributed by atoms with van der Waals surface area (Å²) in [6, 6.07) is 11.1. The maximum atomic E-state index is 13.4. The molecule has 0 N–H and O–H groups in total. The fraction of sp³-hybridized carbons (Fsp3) is 0.391. The van der Waals surface area contributed by atoms with Gasteiger partial charge in [-0.05, 0) is 68.1 Å². The summed E-state index contributed by atoms with van der Waals surface area (Å²) in [6.07, 6.45) is 3.85. The van der Waals surface area contributed by atoms with Gasteiger partial charge in [0.1, 0.15) is 18.2 Å². The van der Waals surface area contributed by atoms with E-state index in [1.54, 1.807) is 29.2 Å². The van der Waals surface area contributed by atoms with E-state index < -0.39 is 5.82 Å². The molecule has 2 aromatic rings. The van der Waals surface area contributed by atoms with Crippen LogP contribution in [0.1, 0.15) is 46.4 Å². The molecule has 0 radical (unpaired) electrons. The minimum atomic E-state index is -0.541. The van der Waals surface area contributed by atoms with Crippen molar-refractivity contribution in [3.8, 4) is 5.75 Å². The second kappa shape index (κ2) is 9.04. The lowest BCUT2D eigenvalue weighted by atomic mass is 10.1. The first-order valence-electron chi connectivity index (χ1n) is 10.3. The Morgan fingerprint density at radius 3 is 2.37 bits per heavy atom. The summed E-state index contributed by atoms with van der Waals surface area (Å²) >= 11 is 5.82. The van der Waals surface area contributed by atoms with E-state index in [1.165, 1.54) is 18.2 Å². The van der Waals surface area contributed by atoms with Gasteiger partial charge in [-0.15, -0.1) is 0 Å². The van der Waals surface area contributed by atoms with Crippen LogP contribution in [0.25, 0.3) is 0 Å². The number of ether oxygens (including phenoxy) is 1. The number of likely N-dealkylation sites (tertiary alicyclic amines) is 2. The summed E-state index contributed by atoms with van der Waals surface area (Å²) in [5, 5.41) is -0.0589. The highest BCUT2D eigenvalue weighted by atomic mass is 35.5. The van der Waals surface area contributed by atoms with Gasteiger partial charge in [-0.1, -0.05) is 11.6 Å². The van der Waals surface area contributed by atoms with Gasteiger partial charge < -0.3 is 14.5 Å². The van der Waals surface area contributed by atoms with Gasteiger partial charge in [-0.25, -0.2) is 4.39 Å². The minimum Gasteiger partial charge on any atom is -0.491 e. The minimum absolute atomic E-state index is 0.0589. The molecular formula is C23H24ClFN2O3. The summed E-state index contributed by atoms with van der Waals surface area (Å²) in [4.78, 5) is 28.9. The topological polar surface area (TPSA) is 49.9 Å². The smallest absolute Gasteiger partial charge is 0.254 e. The molecule has 2 heterocycles. The van der Waals surface area contributed by atoms with E-state index in [0.717, 1.165) is 38.8 Å². The summed E-state index contributed by atoms with van der Waals surface area (Å²) in [6.45, 7) is 2.63. The molecule has 2 fully saturated rings. The van der Waals surface area contributed by atoms with Crippen LogP contribution in [0.15, 0.2) is 42.5 Å². The molecule has 2 aliphatic heterocycles. The molecule has 158 valence electrons.